The standard InChI is InChI=1S/C13H24N2O4/c1-3-4-5-8-14-10(2)13(19)15-11(9-16)6-7-12(17)18/h9-11,14H,3-8H2,1-2H3,(H,15,19)(H,17,18)/t10-,11+/m0/s1. The lowest BCUT2D eigenvalue weighted by Gasteiger charge is -2.17. The van der Waals surface area contributed by atoms with Gasteiger partial charge in [0.2, 0.25) is 5.91 Å². The van der Waals surface area contributed by atoms with Crippen LogP contribution in [0.1, 0.15) is 46.0 Å². The van der Waals surface area contributed by atoms with E-state index in [1.54, 1.807) is 6.92 Å². The average molecular weight is 272 g/mol. The van der Waals surface area contributed by atoms with Gasteiger partial charge in [-0.05, 0) is 26.3 Å². The Morgan fingerprint density at radius 2 is 2.00 bits per heavy atom. The molecule has 0 aliphatic rings. The highest BCUT2D eigenvalue weighted by molar-refractivity contribution is 5.84. The van der Waals surface area contributed by atoms with E-state index in [0.717, 1.165) is 25.8 Å². The fourth-order valence-electron chi connectivity index (χ4n) is 1.55. The minimum atomic E-state index is -0.980. The zero-order valence-electron chi connectivity index (χ0n) is 11.6. The zero-order chi connectivity index (χ0) is 14.7. The summed E-state index contributed by atoms with van der Waals surface area (Å²) in [6, 6.07) is -1.12. The Bertz CT molecular complexity index is 294. The monoisotopic (exact) mass is 272 g/mol. The van der Waals surface area contributed by atoms with Gasteiger partial charge < -0.3 is 20.5 Å². The predicted molar refractivity (Wildman–Crippen MR) is 71.9 cm³/mol. The van der Waals surface area contributed by atoms with Crippen molar-refractivity contribution < 1.29 is 19.5 Å². The third kappa shape index (κ3) is 9.18. The first kappa shape index (κ1) is 17.6. The zero-order valence-corrected chi connectivity index (χ0v) is 11.6. The average Bonchev–Trinajstić information content (AvgIpc) is 2.38. The number of aliphatic carboxylic acids is 1. The first-order chi connectivity index (χ1) is 9.01. The predicted octanol–water partition coefficient (Wildman–Crippen LogP) is 0.703. The molecule has 3 N–H and O–H groups in total. The topological polar surface area (TPSA) is 95.5 Å². The molecule has 0 fully saturated rings. The second-order valence-corrected chi connectivity index (χ2v) is 4.57. The number of carbonyl (C=O) groups is 3. The molecule has 0 unspecified atom stereocenters. The lowest BCUT2D eigenvalue weighted by atomic mass is 10.1. The van der Waals surface area contributed by atoms with E-state index < -0.39 is 12.0 Å². The van der Waals surface area contributed by atoms with Gasteiger partial charge in [-0.15, -0.1) is 0 Å². The van der Waals surface area contributed by atoms with Crippen LogP contribution in [0.4, 0.5) is 0 Å². The van der Waals surface area contributed by atoms with Crippen LogP contribution >= 0.6 is 0 Å². The van der Waals surface area contributed by atoms with E-state index in [2.05, 4.69) is 17.6 Å². The fourth-order valence-corrected chi connectivity index (χ4v) is 1.55. The number of unbranched alkanes of at least 4 members (excludes halogenated alkanes) is 2. The molecule has 110 valence electrons. The van der Waals surface area contributed by atoms with Crippen molar-refractivity contribution in [3.8, 4) is 0 Å². The van der Waals surface area contributed by atoms with Crippen molar-refractivity contribution in [1.29, 1.82) is 0 Å². The van der Waals surface area contributed by atoms with Crippen LogP contribution in [0.3, 0.4) is 0 Å². The summed E-state index contributed by atoms with van der Waals surface area (Å²) in [5.41, 5.74) is 0. The maximum Gasteiger partial charge on any atom is 0.303 e. The Balaban J connectivity index is 3.96. The summed E-state index contributed by atoms with van der Waals surface area (Å²) in [4.78, 5) is 32.9. The quantitative estimate of drug-likeness (QED) is 0.380. The van der Waals surface area contributed by atoms with Crippen molar-refractivity contribution >= 4 is 18.2 Å². The molecule has 0 aromatic heterocycles. The number of carbonyl (C=O) groups excluding carboxylic acids is 2. The summed E-state index contributed by atoms with van der Waals surface area (Å²) >= 11 is 0. The lowest BCUT2D eigenvalue weighted by Crippen LogP contribution is -2.47. The van der Waals surface area contributed by atoms with Crippen molar-refractivity contribution in [2.24, 2.45) is 0 Å². The van der Waals surface area contributed by atoms with Crippen LogP contribution in [0, 0.1) is 0 Å². The molecule has 1 amide bonds. The number of amides is 1. The summed E-state index contributed by atoms with van der Waals surface area (Å²) in [5, 5.41) is 14.1. The second-order valence-electron chi connectivity index (χ2n) is 4.57. The first-order valence-electron chi connectivity index (χ1n) is 6.72. The van der Waals surface area contributed by atoms with Gasteiger partial charge in [-0.25, -0.2) is 0 Å². The molecule has 2 atom stereocenters. The Morgan fingerprint density at radius 1 is 1.32 bits per heavy atom. The molecule has 0 aromatic carbocycles. The molecule has 0 aliphatic heterocycles. The smallest absolute Gasteiger partial charge is 0.303 e. The Morgan fingerprint density at radius 3 is 2.53 bits per heavy atom. The number of nitrogens with one attached hydrogen (secondary N) is 2. The number of rotatable bonds is 11. The van der Waals surface area contributed by atoms with E-state index >= 15 is 0 Å². The molecule has 19 heavy (non-hydrogen) atoms. The van der Waals surface area contributed by atoms with Crippen LogP contribution in [-0.4, -0.2) is 41.9 Å². The van der Waals surface area contributed by atoms with Crippen LogP contribution in [0.2, 0.25) is 0 Å². The fraction of sp³-hybridized carbons (Fsp3) is 0.769. The SMILES string of the molecule is CCCCCN[C@@H](C)C(=O)N[C@@H](C=O)CCC(=O)O. The molecule has 0 heterocycles. The number of hydrogen-bond donors (Lipinski definition) is 3. The molecule has 6 nitrogen and oxygen atoms in total. The Kier molecular flexibility index (Phi) is 9.70. The summed E-state index contributed by atoms with van der Waals surface area (Å²) in [5.74, 6) is -1.26. The van der Waals surface area contributed by atoms with Crippen LogP contribution in [0.15, 0.2) is 0 Å². The number of hydrogen-bond acceptors (Lipinski definition) is 4. The third-order valence-corrected chi connectivity index (χ3v) is 2.79. The number of aldehydes is 1. The largest absolute Gasteiger partial charge is 0.481 e. The summed E-state index contributed by atoms with van der Waals surface area (Å²) in [7, 11) is 0. The lowest BCUT2D eigenvalue weighted by molar-refractivity contribution is -0.137. The molecule has 0 spiro atoms. The van der Waals surface area contributed by atoms with Gasteiger partial charge in [-0.2, -0.15) is 0 Å². The highest BCUT2D eigenvalue weighted by Gasteiger charge is 2.17. The van der Waals surface area contributed by atoms with Crippen molar-refractivity contribution in [3.63, 3.8) is 0 Å². The van der Waals surface area contributed by atoms with E-state index in [1.807, 2.05) is 0 Å². The molecule has 0 radical (unpaired) electrons. The minimum Gasteiger partial charge on any atom is -0.481 e. The van der Waals surface area contributed by atoms with Crippen molar-refractivity contribution in [3.05, 3.63) is 0 Å². The Hall–Kier alpha value is -1.43. The molecule has 6 heteroatoms. The van der Waals surface area contributed by atoms with Crippen molar-refractivity contribution in [1.82, 2.24) is 10.6 Å². The van der Waals surface area contributed by atoms with E-state index in [1.165, 1.54) is 0 Å². The second kappa shape index (κ2) is 10.5. The molecule has 0 aliphatic carbocycles. The molecule has 0 rings (SSSR count). The normalized spacial score (nSPS) is 13.6. The summed E-state index contributed by atoms with van der Waals surface area (Å²) in [6.45, 7) is 4.58. The molecule has 0 saturated heterocycles. The molecular formula is C13H24N2O4. The van der Waals surface area contributed by atoms with Gasteiger partial charge in [0.15, 0.2) is 0 Å². The van der Waals surface area contributed by atoms with Gasteiger partial charge >= 0.3 is 5.97 Å². The number of carboxylic acid groups (broad SMARTS) is 1. The van der Waals surface area contributed by atoms with Gasteiger partial charge in [0.25, 0.3) is 0 Å². The first-order valence-corrected chi connectivity index (χ1v) is 6.72. The van der Waals surface area contributed by atoms with Crippen molar-refractivity contribution in [2.45, 2.75) is 58.0 Å². The minimum absolute atomic E-state index is 0.118. The van der Waals surface area contributed by atoms with Gasteiger partial charge in [-0.3, -0.25) is 9.59 Å². The van der Waals surface area contributed by atoms with Gasteiger partial charge in [0.05, 0.1) is 12.1 Å². The van der Waals surface area contributed by atoms with Crippen molar-refractivity contribution in [2.75, 3.05) is 6.54 Å². The number of carboxylic acids is 1. The highest BCUT2D eigenvalue weighted by Crippen LogP contribution is 1.97. The Labute approximate surface area is 113 Å². The maximum absolute atomic E-state index is 11.7. The summed E-state index contributed by atoms with van der Waals surface area (Å²) < 4.78 is 0. The van der Waals surface area contributed by atoms with Gasteiger partial charge in [0.1, 0.15) is 6.29 Å². The van der Waals surface area contributed by atoms with E-state index in [4.69, 9.17) is 5.11 Å². The van der Waals surface area contributed by atoms with E-state index in [0.29, 0.717) is 6.29 Å². The van der Waals surface area contributed by atoms with Crippen LogP contribution in [-0.2, 0) is 14.4 Å². The molecule has 0 saturated carbocycles. The maximum atomic E-state index is 11.7. The van der Waals surface area contributed by atoms with Crippen LogP contribution in [0.5, 0.6) is 0 Å². The third-order valence-electron chi connectivity index (χ3n) is 2.79. The van der Waals surface area contributed by atoms with E-state index in [-0.39, 0.29) is 24.8 Å². The van der Waals surface area contributed by atoms with Crippen LogP contribution < -0.4 is 10.6 Å². The molecular weight excluding hydrogens is 248 g/mol. The summed E-state index contributed by atoms with van der Waals surface area (Å²) in [6.07, 6.45) is 3.78. The van der Waals surface area contributed by atoms with Gasteiger partial charge in [-0.1, -0.05) is 19.8 Å². The van der Waals surface area contributed by atoms with Gasteiger partial charge in [0, 0.05) is 6.42 Å². The molecule has 0 bridgehead atoms. The molecule has 0 aromatic rings. The highest BCUT2D eigenvalue weighted by atomic mass is 16.4. The van der Waals surface area contributed by atoms with Crippen LogP contribution in [0.25, 0.3) is 0 Å². The van der Waals surface area contributed by atoms with E-state index in [9.17, 15) is 14.4 Å².